The first-order chi connectivity index (χ1) is 13.8. The Labute approximate surface area is 173 Å². The standard InChI is InChI=1S/C22H30N2O4S/c1-4-5-6-18-7-9-19(10-8-18)15-22(25)23-20-11-13-21(14-12-20)29(26,27)24-17(2)16-28-3/h7-14,17,24H,4-6,15-16H2,1-3H3,(H,23,25). The molecule has 0 saturated heterocycles. The third-order valence-electron chi connectivity index (χ3n) is 4.43. The molecule has 2 N–H and O–H groups in total. The van der Waals surface area contributed by atoms with Gasteiger partial charge >= 0.3 is 0 Å². The molecule has 0 fully saturated rings. The van der Waals surface area contributed by atoms with E-state index in [-0.39, 0.29) is 29.9 Å². The molecule has 7 heteroatoms. The molecule has 0 aliphatic carbocycles. The predicted octanol–water partition coefficient (Wildman–Crippen LogP) is 3.52. The summed E-state index contributed by atoms with van der Waals surface area (Å²) in [4.78, 5) is 12.4. The van der Waals surface area contributed by atoms with E-state index >= 15 is 0 Å². The lowest BCUT2D eigenvalue weighted by Crippen LogP contribution is -2.35. The number of sulfonamides is 1. The molecule has 0 bridgehead atoms. The number of hydrogen-bond donors (Lipinski definition) is 2. The number of rotatable bonds is 11. The fraction of sp³-hybridized carbons (Fsp3) is 0.409. The molecule has 2 aromatic carbocycles. The van der Waals surface area contributed by atoms with E-state index in [1.165, 1.54) is 24.8 Å². The Hall–Kier alpha value is -2.22. The zero-order valence-electron chi connectivity index (χ0n) is 17.3. The van der Waals surface area contributed by atoms with Gasteiger partial charge in [0.1, 0.15) is 0 Å². The van der Waals surface area contributed by atoms with E-state index < -0.39 is 10.0 Å². The SMILES string of the molecule is CCCCc1ccc(CC(=O)Nc2ccc(S(=O)(=O)NC(C)COC)cc2)cc1. The van der Waals surface area contributed by atoms with Crippen molar-refractivity contribution in [1.82, 2.24) is 4.72 Å². The number of carbonyl (C=O) groups excluding carboxylic acids is 1. The molecule has 0 radical (unpaired) electrons. The molecule has 0 aromatic heterocycles. The lowest BCUT2D eigenvalue weighted by molar-refractivity contribution is -0.115. The predicted molar refractivity (Wildman–Crippen MR) is 115 cm³/mol. The minimum Gasteiger partial charge on any atom is -0.383 e. The normalized spacial score (nSPS) is 12.5. The van der Waals surface area contributed by atoms with Crippen molar-refractivity contribution in [2.45, 2.75) is 50.5 Å². The molecular formula is C22H30N2O4S. The number of methoxy groups -OCH3 is 1. The van der Waals surface area contributed by atoms with Crippen LogP contribution < -0.4 is 10.0 Å². The highest BCUT2D eigenvalue weighted by molar-refractivity contribution is 7.89. The van der Waals surface area contributed by atoms with Gasteiger partial charge in [-0.3, -0.25) is 4.79 Å². The van der Waals surface area contributed by atoms with Crippen LogP contribution in [0.4, 0.5) is 5.69 Å². The Balaban J connectivity index is 1.92. The summed E-state index contributed by atoms with van der Waals surface area (Å²) in [6.45, 7) is 4.18. The summed E-state index contributed by atoms with van der Waals surface area (Å²) in [6, 6.07) is 13.9. The number of carbonyl (C=O) groups is 1. The molecule has 0 aliphatic heterocycles. The smallest absolute Gasteiger partial charge is 0.240 e. The molecule has 1 unspecified atom stereocenters. The third kappa shape index (κ3) is 7.61. The summed E-state index contributed by atoms with van der Waals surface area (Å²) in [5.41, 5.74) is 2.78. The average molecular weight is 419 g/mol. The summed E-state index contributed by atoms with van der Waals surface area (Å²) in [5, 5.41) is 2.80. The van der Waals surface area contributed by atoms with Crippen molar-refractivity contribution < 1.29 is 17.9 Å². The first-order valence-corrected chi connectivity index (χ1v) is 11.3. The van der Waals surface area contributed by atoms with Crippen molar-refractivity contribution in [3.05, 3.63) is 59.7 Å². The second-order valence-corrected chi connectivity index (χ2v) is 8.86. The van der Waals surface area contributed by atoms with Crippen LogP contribution in [0.1, 0.15) is 37.8 Å². The second kappa shape index (κ2) is 11.1. The Bertz CT molecular complexity index is 878. The highest BCUT2D eigenvalue weighted by atomic mass is 32.2. The number of ether oxygens (including phenoxy) is 1. The van der Waals surface area contributed by atoms with Crippen molar-refractivity contribution in [2.75, 3.05) is 19.0 Å². The zero-order valence-corrected chi connectivity index (χ0v) is 18.1. The summed E-state index contributed by atoms with van der Waals surface area (Å²) >= 11 is 0. The number of nitrogens with one attached hydrogen (secondary N) is 2. The van der Waals surface area contributed by atoms with Gasteiger partial charge in [-0.05, 0) is 55.2 Å². The van der Waals surface area contributed by atoms with Crippen molar-refractivity contribution in [2.24, 2.45) is 0 Å². The van der Waals surface area contributed by atoms with Gasteiger partial charge in [0.15, 0.2) is 0 Å². The summed E-state index contributed by atoms with van der Waals surface area (Å²) < 4.78 is 32.2. The highest BCUT2D eigenvalue weighted by Crippen LogP contribution is 2.15. The fourth-order valence-electron chi connectivity index (χ4n) is 2.93. The number of anilines is 1. The van der Waals surface area contributed by atoms with Crippen LogP contribution in [0.2, 0.25) is 0 Å². The molecule has 6 nitrogen and oxygen atoms in total. The molecule has 158 valence electrons. The van der Waals surface area contributed by atoms with Gasteiger partial charge < -0.3 is 10.1 Å². The number of hydrogen-bond acceptors (Lipinski definition) is 4. The molecule has 0 saturated carbocycles. The quantitative estimate of drug-likeness (QED) is 0.585. The molecule has 1 amide bonds. The van der Waals surface area contributed by atoms with Crippen LogP contribution in [0.25, 0.3) is 0 Å². The van der Waals surface area contributed by atoms with Gasteiger partial charge in [-0.25, -0.2) is 13.1 Å². The Morgan fingerprint density at radius 1 is 1.03 bits per heavy atom. The van der Waals surface area contributed by atoms with E-state index in [2.05, 4.69) is 29.1 Å². The maximum Gasteiger partial charge on any atom is 0.240 e. The van der Waals surface area contributed by atoms with Crippen LogP contribution in [0.3, 0.4) is 0 Å². The average Bonchev–Trinajstić information content (AvgIpc) is 2.67. The van der Waals surface area contributed by atoms with Gasteiger partial charge in [0.05, 0.1) is 17.9 Å². The van der Waals surface area contributed by atoms with Crippen molar-refractivity contribution in [3.8, 4) is 0 Å². The zero-order chi connectivity index (χ0) is 21.3. The molecule has 29 heavy (non-hydrogen) atoms. The summed E-state index contributed by atoms with van der Waals surface area (Å²) in [7, 11) is -2.11. The van der Waals surface area contributed by atoms with Crippen LogP contribution in [0.5, 0.6) is 0 Å². The van der Waals surface area contributed by atoms with E-state index in [4.69, 9.17) is 4.74 Å². The van der Waals surface area contributed by atoms with Gasteiger partial charge in [0.2, 0.25) is 15.9 Å². The van der Waals surface area contributed by atoms with Crippen LogP contribution in [0.15, 0.2) is 53.4 Å². The van der Waals surface area contributed by atoms with E-state index in [1.807, 2.05) is 12.1 Å². The van der Waals surface area contributed by atoms with Gasteiger partial charge in [-0.15, -0.1) is 0 Å². The Kier molecular flexibility index (Phi) is 8.82. The monoisotopic (exact) mass is 418 g/mol. The van der Waals surface area contributed by atoms with Gasteiger partial charge in [-0.2, -0.15) is 0 Å². The molecular weight excluding hydrogens is 388 g/mol. The summed E-state index contributed by atoms with van der Waals surface area (Å²) in [6.07, 6.45) is 3.64. The molecule has 1 atom stereocenters. The molecule has 0 aliphatic rings. The van der Waals surface area contributed by atoms with Crippen LogP contribution >= 0.6 is 0 Å². The summed E-state index contributed by atoms with van der Waals surface area (Å²) in [5.74, 6) is -0.145. The van der Waals surface area contributed by atoms with Gasteiger partial charge in [-0.1, -0.05) is 37.6 Å². The maximum atomic E-state index is 12.3. The third-order valence-corrected chi connectivity index (χ3v) is 6.03. The number of amides is 1. The fourth-order valence-corrected chi connectivity index (χ4v) is 4.16. The molecule has 0 heterocycles. The molecule has 2 rings (SSSR count). The first-order valence-electron chi connectivity index (χ1n) is 9.83. The van der Waals surface area contributed by atoms with Crippen molar-refractivity contribution in [1.29, 1.82) is 0 Å². The van der Waals surface area contributed by atoms with E-state index in [0.29, 0.717) is 5.69 Å². The highest BCUT2D eigenvalue weighted by Gasteiger charge is 2.17. The Morgan fingerprint density at radius 2 is 1.66 bits per heavy atom. The second-order valence-electron chi connectivity index (χ2n) is 7.15. The maximum absolute atomic E-state index is 12.3. The van der Waals surface area contributed by atoms with Crippen molar-refractivity contribution in [3.63, 3.8) is 0 Å². The van der Waals surface area contributed by atoms with Crippen molar-refractivity contribution >= 4 is 21.6 Å². The minimum absolute atomic E-state index is 0.140. The van der Waals surface area contributed by atoms with Gasteiger partial charge in [0.25, 0.3) is 0 Å². The lowest BCUT2D eigenvalue weighted by atomic mass is 10.0. The van der Waals surface area contributed by atoms with Crippen LogP contribution in [-0.4, -0.2) is 34.1 Å². The van der Waals surface area contributed by atoms with Crippen LogP contribution in [-0.2, 0) is 32.4 Å². The van der Waals surface area contributed by atoms with E-state index in [0.717, 1.165) is 24.8 Å². The number of benzene rings is 2. The molecule has 0 spiro atoms. The number of unbranched alkanes of at least 4 members (excludes halogenated alkanes) is 1. The Morgan fingerprint density at radius 3 is 2.24 bits per heavy atom. The lowest BCUT2D eigenvalue weighted by Gasteiger charge is -2.13. The number of aryl methyl sites for hydroxylation is 1. The van der Waals surface area contributed by atoms with E-state index in [9.17, 15) is 13.2 Å². The largest absolute Gasteiger partial charge is 0.383 e. The minimum atomic E-state index is -3.63. The molecule has 2 aromatic rings. The topological polar surface area (TPSA) is 84.5 Å². The van der Waals surface area contributed by atoms with E-state index in [1.54, 1.807) is 19.1 Å². The van der Waals surface area contributed by atoms with Crippen LogP contribution in [0, 0.1) is 0 Å². The van der Waals surface area contributed by atoms with Gasteiger partial charge in [0, 0.05) is 18.8 Å². The first kappa shape index (κ1) is 23.1.